The van der Waals surface area contributed by atoms with Crippen molar-refractivity contribution in [3.8, 4) is 11.4 Å². The number of amides is 1. The summed E-state index contributed by atoms with van der Waals surface area (Å²) >= 11 is 0. The third-order valence-corrected chi connectivity index (χ3v) is 2.82. The first kappa shape index (κ1) is 15.1. The standard InChI is InChI=1S/C13H18N6O2/c1-21-7-6-14-9-12(20)15-8-10-2-4-11(5-3-10)13-16-18-19-17-13/h2-5,14H,6-9H2,1H3,(H,15,20)(H,16,17,18,19). The number of aromatic amines is 1. The van der Waals surface area contributed by atoms with Gasteiger partial charge in [0.1, 0.15) is 0 Å². The average molecular weight is 290 g/mol. The van der Waals surface area contributed by atoms with E-state index in [1.807, 2.05) is 24.3 Å². The summed E-state index contributed by atoms with van der Waals surface area (Å²) in [4.78, 5) is 11.6. The highest BCUT2D eigenvalue weighted by molar-refractivity contribution is 5.77. The molecule has 1 aromatic heterocycles. The molecule has 112 valence electrons. The summed E-state index contributed by atoms with van der Waals surface area (Å²) in [5.41, 5.74) is 1.88. The van der Waals surface area contributed by atoms with Crippen molar-refractivity contribution in [2.45, 2.75) is 6.54 Å². The fourth-order valence-electron chi connectivity index (χ4n) is 1.70. The summed E-state index contributed by atoms with van der Waals surface area (Å²) in [6.07, 6.45) is 0. The van der Waals surface area contributed by atoms with E-state index in [1.165, 1.54) is 0 Å². The van der Waals surface area contributed by atoms with E-state index < -0.39 is 0 Å². The first-order chi connectivity index (χ1) is 10.3. The minimum atomic E-state index is -0.0478. The number of ether oxygens (including phenoxy) is 1. The molecular formula is C13H18N6O2. The topological polar surface area (TPSA) is 105 Å². The van der Waals surface area contributed by atoms with Gasteiger partial charge in [-0.15, -0.1) is 10.2 Å². The van der Waals surface area contributed by atoms with Crippen molar-refractivity contribution >= 4 is 5.91 Å². The van der Waals surface area contributed by atoms with Crippen molar-refractivity contribution in [2.75, 3.05) is 26.8 Å². The Morgan fingerprint density at radius 3 is 2.81 bits per heavy atom. The molecule has 0 saturated carbocycles. The molecule has 0 saturated heterocycles. The van der Waals surface area contributed by atoms with Crippen molar-refractivity contribution in [3.63, 3.8) is 0 Å². The number of hydrogen-bond donors (Lipinski definition) is 3. The number of benzene rings is 1. The molecule has 0 aliphatic rings. The lowest BCUT2D eigenvalue weighted by molar-refractivity contribution is -0.120. The molecule has 0 unspecified atom stereocenters. The molecule has 2 aromatic rings. The van der Waals surface area contributed by atoms with Gasteiger partial charge in [0.25, 0.3) is 0 Å². The lowest BCUT2D eigenvalue weighted by Gasteiger charge is -2.07. The molecule has 0 aliphatic heterocycles. The molecule has 0 atom stereocenters. The summed E-state index contributed by atoms with van der Waals surface area (Å²) in [6, 6.07) is 7.63. The van der Waals surface area contributed by atoms with E-state index >= 15 is 0 Å². The number of carbonyl (C=O) groups is 1. The summed E-state index contributed by atoms with van der Waals surface area (Å²) in [7, 11) is 1.62. The molecule has 0 fully saturated rings. The van der Waals surface area contributed by atoms with Crippen LogP contribution in [0.5, 0.6) is 0 Å². The highest BCUT2D eigenvalue weighted by Gasteiger charge is 2.03. The number of methoxy groups -OCH3 is 1. The van der Waals surface area contributed by atoms with Crippen LogP contribution in [0.2, 0.25) is 0 Å². The number of rotatable bonds is 8. The Kier molecular flexibility index (Phi) is 5.80. The van der Waals surface area contributed by atoms with E-state index in [9.17, 15) is 4.79 Å². The van der Waals surface area contributed by atoms with Crippen molar-refractivity contribution in [1.82, 2.24) is 31.3 Å². The molecular weight excluding hydrogens is 272 g/mol. The summed E-state index contributed by atoms with van der Waals surface area (Å²) < 4.78 is 4.88. The fraction of sp³-hybridized carbons (Fsp3) is 0.385. The van der Waals surface area contributed by atoms with Gasteiger partial charge in [0.15, 0.2) is 0 Å². The minimum Gasteiger partial charge on any atom is -0.383 e. The molecule has 1 aromatic carbocycles. The zero-order valence-corrected chi connectivity index (χ0v) is 11.8. The molecule has 8 heteroatoms. The predicted octanol–water partition coefficient (Wildman–Crippen LogP) is -0.281. The normalized spacial score (nSPS) is 10.5. The van der Waals surface area contributed by atoms with Gasteiger partial charge >= 0.3 is 0 Å². The maximum atomic E-state index is 11.6. The summed E-state index contributed by atoms with van der Waals surface area (Å²) in [5, 5.41) is 19.6. The number of H-pyrrole nitrogens is 1. The Morgan fingerprint density at radius 1 is 1.33 bits per heavy atom. The highest BCUT2D eigenvalue weighted by Crippen LogP contribution is 2.13. The number of tetrazole rings is 1. The van der Waals surface area contributed by atoms with Gasteiger partial charge in [-0.3, -0.25) is 4.79 Å². The van der Waals surface area contributed by atoms with E-state index in [2.05, 4.69) is 31.3 Å². The van der Waals surface area contributed by atoms with Crippen LogP contribution in [0.1, 0.15) is 5.56 Å². The van der Waals surface area contributed by atoms with E-state index in [4.69, 9.17) is 4.74 Å². The third kappa shape index (κ3) is 4.93. The lowest BCUT2D eigenvalue weighted by atomic mass is 10.1. The molecule has 21 heavy (non-hydrogen) atoms. The van der Waals surface area contributed by atoms with E-state index in [1.54, 1.807) is 7.11 Å². The molecule has 0 spiro atoms. The number of hydrogen-bond acceptors (Lipinski definition) is 6. The Labute approximate surface area is 122 Å². The van der Waals surface area contributed by atoms with Crippen LogP contribution in [0.4, 0.5) is 0 Å². The Hall–Kier alpha value is -2.32. The lowest BCUT2D eigenvalue weighted by Crippen LogP contribution is -2.34. The van der Waals surface area contributed by atoms with Crippen LogP contribution in [0.25, 0.3) is 11.4 Å². The molecule has 0 aliphatic carbocycles. The van der Waals surface area contributed by atoms with Crippen LogP contribution >= 0.6 is 0 Å². The fourth-order valence-corrected chi connectivity index (χ4v) is 1.70. The van der Waals surface area contributed by atoms with Gasteiger partial charge in [0.2, 0.25) is 11.7 Å². The van der Waals surface area contributed by atoms with E-state index in [-0.39, 0.29) is 12.5 Å². The summed E-state index contributed by atoms with van der Waals surface area (Å²) in [6.45, 7) is 2.01. The molecule has 8 nitrogen and oxygen atoms in total. The first-order valence-electron chi connectivity index (χ1n) is 6.58. The second-order valence-electron chi connectivity index (χ2n) is 4.38. The molecule has 3 N–H and O–H groups in total. The number of aromatic nitrogens is 4. The SMILES string of the molecule is COCCNCC(=O)NCc1ccc(-c2nn[nH]n2)cc1. The largest absolute Gasteiger partial charge is 0.383 e. The average Bonchev–Trinajstić information content (AvgIpc) is 3.04. The van der Waals surface area contributed by atoms with Gasteiger partial charge in [-0.2, -0.15) is 5.21 Å². The van der Waals surface area contributed by atoms with E-state index in [0.717, 1.165) is 11.1 Å². The maximum Gasteiger partial charge on any atom is 0.234 e. The zero-order chi connectivity index (χ0) is 14.9. The Balaban J connectivity index is 1.75. The molecule has 1 heterocycles. The highest BCUT2D eigenvalue weighted by atomic mass is 16.5. The monoisotopic (exact) mass is 290 g/mol. The molecule has 0 radical (unpaired) electrons. The van der Waals surface area contributed by atoms with Gasteiger partial charge in [-0.25, -0.2) is 0 Å². The van der Waals surface area contributed by atoms with Crippen LogP contribution < -0.4 is 10.6 Å². The molecule has 1 amide bonds. The number of carbonyl (C=O) groups excluding carboxylic acids is 1. The predicted molar refractivity (Wildman–Crippen MR) is 76.2 cm³/mol. The third-order valence-electron chi connectivity index (χ3n) is 2.82. The minimum absolute atomic E-state index is 0.0478. The van der Waals surface area contributed by atoms with Crippen molar-refractivity contribution < 1.29 is 9.53 Å². The van der Waals surface area contributed by atoms with Gasteiger partial charge in [0, 0.05) is 25.8 Å². The van der Waals surface area contributed by atoms with Crippen molar-refractivity contribution in [2.24, 2.45) is 0 Å². The van der Waals surface area contributed by atoms with Crippen molar-refractivity contribution in [1.29, 1.82) is 0 Å². The van der Waals surface area contributed by atoms with Crippen LogP contribution in [-0.4, -0.2) is 53.3 Å². The quantitative estimate of drug-likeness (QED) is 0.578. The summed E-state index contributed by atoms with van der Waals surface area (Å²) in [5.74, 6) is 0.501. The first-order valence-corrected chi connectivity index (χ1v) is 6.58. The van der Waals surface area contributed by atoms with Crippen molar-refractivity contribution in [3.05, 3.63) is 29.8 Å². The van der Waals surface area contributed by atoms with Crippen LogP contribution in [0.3, 0.4) is 0 Å². The van der Waals surface area contributed by atoms with Crippen LogP contribution in [-0.2, 0) is 16.1 Å². The Morgan fingerprint density at radius 2 is 2.14 bits per heavy atom. The number of nitrogens with zero attached hydrogens (tertiary/aromatic N) is 3. The Bertz CT molecular complexity index is 540. The second-order valence-corrected chi connectivity index (χ2v) is 4.38. The van der Waals surface area contributed by atoms with Gasteiger partial charge in [0.05, 0.1) is 13.2 Å². The molecule has 0 bridgehead atoms. The van der Waals surface area contributed by atoms with Gasteiger partial charge in [-0.05, 0) is 10.8 Å². The number of nitrogens with one attached hydrogen (secondary N) is 3. The smallest absolute Gasteiger partial charge is 0.234 e. The zero-order valence-electron chi connectivity index (χ0n) is 11.8. The van der Waals surface area contributed by atoms with E-state index in [0.29, 0.717) is 25.5 Å². The maximum absolute atomic E-state index is 11.6. The molecule has 2 rings (SSSR count). The van der Waals surface area contributed by atoms with Crippen LogP contribution in [0, 0.1) is 0 Å². The van der Waals surface area contributed by atoms with Gasteiger partial charge < -0.3 is 15.4 Å². The second kappa shape index (κ2) is 8.08. The van der Waals surface area contributed by atoms with Crippen LogP contribution in [0.15, 0.2) is 24.3 Å². The van der Waals surface area contributed by atoms with Gasteiger partial charge in [-0.1, -0.05) is 24.3 Å².